The Morgan fingerprint density at radius 3 is 2.68 bits per heavy atom. The molecule has 1 fully saturated rings. The average Bonchev–Trinajstić information content (AvgIpc) is 2.64. The van der Waals surface area contributed by atoms with Gasteiger partial charge in [0.05, 0.1) is 6.42 Å². The van der Waals surface area contributed by atoms with Gasteiger partial charge in [-0.1, -0.05) is 12.1 Å². The summed E-state index contributed by atoms with van der Waals surface area (Å²) in [6, 6.07) is 4.25. The Morgan fingerprint density at radius 2 is 2.05 bits per heavy atom. The zero-order valence-electron chi connectivity index (χ0n) is 10.7. The van der Waals surface area contributed by atoms with Crippen LogP contribution in [0, 0.1) is 13.8 Å². The van der Waals surface area contributed by atoms with E-state index in [4.69, 9.17) is 0 Å². The van der Waals surface area contributed by atoms with Crippen molar-refractivity contribution in [1.82, 2.24) is 10.6 Å². The van der Waals surface area contributed by atoms with Gasteiger partial charge in [0, 0.05) is 5.69 Å². The Kier molecular flexibility index (Phi) is 3.50. The van der Waals surface area contributed by atoms with Gasteiger partial charge in [0.1, 0.15) is 6.04 Å². The van der Waals surface area contributed by atoms with Gasteiger partial charge in [0.25, 0.3) is 5.91 Å². The summed E-state index contributed by atoms with van der Waals surface area (Å²) in [4.78, 5) is 34.1. The minimum atomic E-state index is -0.794. The lowest BCUT2D eigenvalue weighted by Gasteiger charge is -2.11. The number of rotatable bonds is 3. The van der Waals surface area contributed by atoms with Crippen molar-refractivity contribution in [3.05, 3.63) is 29.3 Å². The molecule has 0 radical (unpaired) electrons. The lowest BCUT2D eigenvalue weighted by molar-refractivity contribution is -0.124. The van der Waals surface area contributed by atoms with Gasteiger partial charge in [0.2, 0.25) is 5.91 Å². The number of urea groups is 1. The minimum Gasteiger partial charge on any atom is -0.326 e. The molecule has 0 spiro atoms. The van der Waals surface area contributed by atoms with Gasteiger partial charge in [-0.25, -0.2) is 4.79 Å². The number of hydrogen-bond acceptors (Lipinski definition) is 3. The van der Waals surface area contributed by atoms with E-state index in [1.165, 1.54) is 0 Å². The van der Waals surface area contributed by atoms with Gasteiger partial charge in [-0.05, 0) is 31.0 Å². The van der Waals surface area contributed by atoms with Gasteiger partial charge in [0.15, 0.2) is 0 Å². The molecule has 1 unspecified atom stereocenters. The van der Waals surface area contributed by atoms with Crippen molar-refractivity contribution in [2.45, 2.75) is 26.3 Å². The zero-order chi connectivity index (χ0) is 14.0. The third-order valence-electron chi connectivity index (χ3n) is 3.13. The van der Waals surface area contributed by atoms with Crippen molar-refractivity contribution in [2.75, 3.05) is 5.32 Å². The first-order valence-electron chi connectivity index (χ1n) is 5.95. The van der Waals surface area contributed by atoms with E-state index in [1.54, 1.807) is 6.07 Å². The molecule has 6 nitrogen and oxygen atoms in total. The molecule has 0 saturated carbocycles. The first kappa shape index (κ1) is 13.1. The SMILES string of the molecule is Cc1cccc(NC(=O)CC2NC(=O)NC2=O)c1C. The monoisotopic (exact) mass is 261 g/mol. The summed E-state index contributed by atoms with van der Waals surface area (Å²) in [6.07, 6.45) is -0.0784. The number of carbonyl (C=O) groups is 3. The van der Waals surface area contributed by atoms with Crippen LogP contribution in [0.3, 0.4) is 0 Å². The van der Waals surface area contributed by atoms with Crippen LogP contribution in [0.2, 0.25) is 0 Å². The Labute approximate surface area is 110 Å². The van der Waals surface area contributed by atoms with Crippen LogP contribution in [0.25, 0.3) is 0 Å². The molecule has 6 heteroatoms. The number of benzene rings is 1. The quantitative estimate of drug-likeness (QED) is 0.705. The molecule has 1 aliphatic heterocycles. The van der Waals surface area contributed by atoms with Crippen LogP contribution in [-0.4, -0.2) is 23.9 Å². The highest BCUT2D eigenvalue weighted by Crippen LogP contribution is 2.18. The Balaban J connectivity index is 2.00. The third-order valence-corrected chi connectivity index (χ3v) is 3.13. The normalized spacial score (nSPS) is 17.9. The summed E-state index contributed by atoms with van der Waals surface area (Å²) in [6.45, 7) is 3.87. The molecule has 1 aromatic rings. The maximum Gasteiger partial charge on any atom is 0.322 e. The Hall–Kier alpha value is -2.37. The van der Waals surface area contributed by atoms with Gasteiger partial charge in [-0.3, -0.25) is 14.9 Å². The highest BCUT2D eigenvalue weighted by molar-refractivity contribution is 6.06. The molecule has 1 saturated heterocycles. The smallest absolute Gasteiger partial charge is 0.322 e. The largest absolute Gasteiger partial charge is 0.326 e. The maximum absolute atomic E-state index is 11.8. The van der Waals surface area contributed by atoms with E-state index < -0.39 is 18.0 Å². The van der Waals surface area contributed by atoms with E-state index >= 15 is 0 Å². The zero-order valence-corrected chi connectivity index (χ0v) is 10.7. The van der Waals surface area contributed by atoms with Crippen LogP contribution in [-0.2, 0) is 9.59 Å². The molecular formula is C13H15N3O3. The highest BCUT2D eigenvalue weighted by Gasteiger charge is 2.31. The van der Waals surface area contributed by atoms with Crippen molar-refractivity contribution in [3.63, 3.8) is 0 Å². The van der Waals surface area contributed by atoms with E-state index in [0.717, 1.165) is 16.8 Å². The summed E-state index contributed by atoms with van der Waals surface area (Å²) in [5.41, 5.74) is 2.77. The molecule has 19 heavy (non-hydrogen) atoms. The first-order chi connectivity index (χ1) is 8.97. The van der Waals surface area contributed by atoms with Crippen LogP contribution in [0.15, 0.2) is 18.2 Å². The van der Waals surface area contributed by atoms with Gasteiger partial charge in [-0.2, -0.15) is 0 Å². The second kappa shape index (κ2) is 5.09. The topological polar surface area (TPSA) is 87.3 Å². The molecule has 2 rings (SSSR count). The highest BCUT2D eigenvalue weighted by atomic mass is 16.2. The average molecular weight is 261 g/mol. The van der Waals surface area contributed by atoms with Gasteiger partial charge in [-0.15, -0.1) is 0 Å². The molecule has 1 aromatic carbocycles. The number of nitrogens with one attached hydrogen (secondary N) is 3. The fraction of sp³-hybridized carbons (Fsp3) is 0.308. The summed E-state index contributed by atoms with van der Waals surface area (Å²) in [5.74, 6) is -0.780. The summed E-state index contributed by atoms with van der Waals surface area (Å²) in [5, 5.41) is 7.22. The van der Waals surface area contributed by atoms with Crippen LogP contribution in [0.5, 0.6) is 0 Å². The van der Waals surface area contributed by atoms with Crippen LogP contribution in [0.1, 0.15) is 17.5 Å². The predicted molar refractivity (Wildman–Crippen MR) is 69.6 cm³/mol. The molecular weight excluding hydrogens is 246 g/mol. The van der Waals surface area contributed by atoms with Gasteiger partial charge >= 0.3 is 6.03 Å². The first-order valence-corrected chi connectivity index (χ1v) is 5.95. The third kappa shape index (κ3) is 2.90. The van der Waals surface area contributed by atoms with Crippen molar-refractivity contribution in [1.29, 1.82) is 0 Å². The number of hydrogen-bond donors (Lipinski definition) is 3. The predicted octanol–water partition coefficient (Wildman–Crippen LogP) is 0.840. The molecule has 1 heterocycles. The number of amides is 4. The fourth-order valence-corrected chi connectivity index (χ4v) is 1.88. The summed E-state index contributed by atoms with van der Waals surface area (Å²) in [7, 11) is 0. The fourth-order valence-electron chi connectivity index (χ4n) is 1.88. The van der Waals surface area contributed by atoms with Crippen LogP contribution < -0.4 is 16.0 Å². The van der Waals surface area contributed by atoms with Crippen molar-refractivity contribution in [2.24, 2.45) is 0 Å². The molecule has 3 N–H and O–H groups in total. The Morgan fingerprint density at radius 1 is 1.32 bits per heavy atom. The van der Waals surface area contributed by atoms with Crippen molar-refractivity contribution < 1.29 is 14.4 Å². The summed E-state index contributed by atoms with van der Waals surface area (Å²) < 4.78 is 0. The van der Waals surface area contributed by atoms with E-state index in [-0.39, 0.29) is 12.3 Å². The minimum absolute atomic E-state index is 0.0784. The van der Waals surface area contributed by atoms with Gasteiger partial charge < -0.3 is 10.6 Å². The number of carbonyl (C=O) groups excluding carboxylic acids is 3. The van der Waals surface area contributed by atoms with E-state index in [0.29, 0.717) is 0 Å². The number of aryl methyl sites for hydroxylation is 1. The van der Waals surface area contributed by atoms with Crippen LogP contribution >= 0.6 is 0 Å². The second-order valence-corrected chi connectivity index (χ2v) is 4.52. The van der Waals surface area contributed by atoms with E-state index in [1.807, 2.05) is 26.0 Å². The standard InChI is InChI=1S/C13H15N3O3/c1-7-4-3-5-9(8(7)2)14-11(17)6-10-12(18)16-13(19)15-10/h3-5,10H,6H2,1-2H3,(H,14,17)(H2,15,16,18,19). The number of imide groups is 1. The number of anilines is 1. The lowest BCUT2D eigenvalue weighted by Crippen LogP contribution is -2.33. The molecule has 0 aromatic heterocycles. The maximum atomic E-state index is 11.8. The molecule has 1 atom stereocenters. The van der Waals surface area contributed by atoms with Crippen molar-refractivity contribution in [3.8, 4) is 0 Å². The Bertz CT molecular complexity index is 554. The molecule has 0 aliphatic carbocycles. The lowest BCUT2D eigenvalue weighted by atomic mass is 10.1. The van der Waals surface area contributed by atoms with Crippen LogP contribution in [0.4, 0.5) is 10.5 Å². The molecule has 4 amide bonds. The molecule has 1 aliphatic rings. The second-order valence-electron chi connectivity index (χ2n) is 4.52. The van der Waals surface area contributed by atoms with Crippen molar-refractivity contribution >= 4 is 23.5 Å². The molecule has 100 valence electrons. The summed E-state index contributed by atoms with van der Waals surface area (Å²) >= 11 is 0. The van der Waals surface area contributed by atoms with E-state index in [2.05, 4.69) is 16.0 Å². The van der Waals surface area contributed by atoms with E-state index in [9.17, 15) is 14.4 Å². The molecule has 0 bridgehead atoms.